The summed E-state index contributed by atoms with van der Waals surface area (Å²) in [5.74, 6) is -1.58. The van der Waals surface area contributed by atoms with E-state index in [4.69, 9.17) is 5.11 Å². The van der Waals surface area contributed by atoms with Gasteiger partial charge < -0.3 is 10.4 Å². The van der Waals surface area contributed by atoms with Gasteiger partial charge in [0.25, 0.3) is 0 Å². The van der Waals surface area contributed by atoms with Crippen molar-refractivity contribution in [3.63, 3.8) is 0 Å². The SMILES string of the molecule is CCCC(NC(=O)C1CCCCN1S(=O)(=O)CCC)C(=O)O. The van der Waals surface area contributed by atoms with E-state index in [1.165, 1.54) is 4.31 Å². The lowest BCUT2D eigenvalue weighted by molar-refractivity contribution is -0.142. The third kappa shape index (κ3) is 4.95. The smallest absolute Gasteiger partial charge is 0.326 e. The summed E-state index contributed by atoms with van der Waals surface area (Å²) in [5, 5.41) is 11.6. The van der Waals surface area contributed by atoms with E-state index in [0.717, 1.165) is 12.8 Å². The van der Waals surface area contributed by atoms with Crippen LogP contribution in [0.1, 0.15) is 52.4 Å². The molecule has 0 bridgehead atoms. The maximum absolute atomic E-state index is 12.4. The van der Waals surface area contributed by atoms with Crippen molar-refractivity contribution in [2.45, 2.75) is 64.5 Å². The van der Waals surface area contributed by atoms with Crippen LogP contribution in [-0.2, 0) is 19.6 Å². The fourth-order valence-electron chi connectivity index (χ4n) is 2.69. The zero-order valence-corrected chi connectivity index (χ0v) is 14.1. The van der Waals surface area contributed by atoms with Gasteiger partial charge in [-0.25, -0.2) is 13.2 Å². The van der Waals surface area contributed by atoms with Crippen molar-refractivity contribution in [2.75, 3.05) is 12.3 Å². The molecule has 0 aromatic carbocycles. The number of hydrogen-bond acceptors (Lipinski definition) is 4. The topological polar surface area (TPSA) is 104 Å². The van der Waals surface area contributed by atoms with Gasteiger partial charge in [0.1, 0.15) is 12.1 Å². The molecule has 2 N–H and O–H groups in total. The maximum atomic E-state index is 12.4. The van der Waals surface area contributed by atoms with Crippen LogP contribution < -0.4 is 5.32 Å². The molecule has 1 aliphatic rings. The maximum Gasteiger partial charge on any atom is 0.326 e. The van der Waals surface area contributed by atoms with Gasteiger partial charge in [-0.15, -0.1) is 0 Å². The molecule has 2 unspecified atom stereocenters. The highest BCUT2D eigenvalue weighted by Crippen LogP contribution is 2.21. The first-order chi connectivity index (χ1) is 10.3. The van der Waals surface area contributed by atoms with Crippen LogP contribution in [0.4, 0.5) is 0 Å². The molecular weight excluding hydrogens is 308 g/mol. The van der Waals surface area contributed by atoms with Gasteiger partial charge in [0.15, 0.2) is 0 Å². The Bertz CT molecular complexity index is 491. The second-order valence-corrected chi connectivity index (χ2v) is 7.67. The number of nitrogens with one attached hydrogen (secondary N) is 1. The normalized spacial score (nSPS) is 21.3. The van der Waals surface area contributed by atoms with Gasteiger partial charge in [-0.3, -0.25) is 4.79 Å². The third-order valence-electron chi connectivity index (χ3n) is 3.77. The first-order valence-electron chi connectivity index (χ1n) is 7.86. The van der Waals surface area contributed by atoms with Gasteiger partial charge in [0, 0.05) is 6.54 Å². The molecule has 1 saturated heterocycles. The molecule has 8 heteroatoms. The van der Waals surface area contributed by atoms with E-state index >= 15 is 0 Å². The highest BCUT2D eigenvalue weighted by Gasteiger charge is 2.37. The van der Waals surface area contributed by atoms with Crippen molar-refractivity contribution in [3.05, 3.63) is 0 Å². The molecule has 0 spiro atoms. The summed E-state index contributed by atoms with van der Waals surface area (Å²) < 4.78 is 25.8. The largest absolute Gasteiger partial charge is 0.480 e. The number of sulfonamides is 1. The number of carbonyl (C=O) groups excluding carboxylic acids is 1. The lowest BCUT2D eigenvalue weighted by Gasteiger charge is -2.34. The molecule has 1 rings (SSSR count). The van der Waals surface area contributed by atoms with Crippen molar-refractivity contribution < 1.29 is 23.1 Å². The van der Waals surface area contributed by atoms with E-state index in [1.54, 1.807) is 6.92 Å². The minimum absolute atomic E-state index is 0.00803. The lowest BCUT2D eigenvalue weighted by atomic mass is 10.0. The van der Waals surface area contributed by atoms with Crippen molar-refractivity contribution in [3.8, 4) is 0 Å². The van der Waals surface area contributed by atoms with Gasteiger partial charge in [-0.1, -0.05) is 26.7 Å². The minimum atomic E-state index is -3.47. The average Bonchev–Trinajstić information content (AvgIpc) is 2.46. The first kappa shape index (κ1) is 18.9. The quantitative estimate of drug-likeness (QED) is 0.688. The second-order valence-electron chi connectivity index (χ2n) is 5.63. The van der Waals surface area contributed by atoms with Gasteiger partial charge in [0.2, 0.25) is 15.9 Å². The van der Waals surface area contributed by atoms with E-state index in [2.05, 4.69) is 5.32 Å². The molecule has 1 aliphatic heterocycles. The highest BCUT2D eigenvalue weighted by molar-refractivity contribution is 7.89. The predicted octanol–water partition coefficient (Wildman–Crippen LogP) is 0.950. The predicted molar refractivity (Wildman–Crippen MR) is 82.9 cm³/mol. The standard InChI is InChI=1S/C14H26N2O5S/c1-3-7-11(14(18)19)15-13(17)12-8-5-6-9-16(12)22(20,21)10-4-2/h11-12H,3-10H2,1-2H3,(H,15,17)(H,18,19). The number of carbonyl (C=O) groups is 2. The Morgan fingerprint density at radius 1 is 1.27 bits per heavy atom. The molecule has 0 aromatic heterocycles. The molecule has 1 amide bonds. The zero-order chi connectivity index (χ0) is 16.8. The van der Waals surface area contributed by atoms with E-state index in [-0.39, 0.29) is 5.75 Å². The summed E-state index contributed by atoms with van der Waals surface area (Å²) >= 11 is 0. The molecule has 0 radical (unpaired) electrons. The Kier molecular flexibility index (Phi) is 7.28. The van der Waals surface area contributed by atoms with Gasteiger partial charge in [0.05, 0.1) is 5.75 Å². The monoisotopic (exact) mass is 334 g/mol. The van der Waals surface area contributed by atoms with Crippen molar-refractivity contribution >= 4 is 21.9 Å². The van der Waals surface area contributed by atoms with Crippen LogP contribution in [0.5, 0.6) is 0 Å². The number of nitrogens with zero attached hydrogens (tertiary/aromatic N) is 1. The number of hydrogen-bond donors (Lipinski definition) is 2. The summed E-state index contributed by atoms with van der Waals surface area (Å²) in [7, 11) is -3.47. The summed E-state index contributed by atoms with van der Waals surface area (Å²) in [6.07, 6.45) is 3.37. The number of carboxylic acid groups (broad SMARTS) is 1. The fourth-order valence-corrected chi connectivity index (χ4v) is 4.44. The van der Waals surface area contributed by atoms with Crippen molar-refractivity contribution in [1.82, 2.24) is 9.62 Å². The molecule has 0 aliphatic carbocycles. The first-order valence-corrected chi connectivity index (χ1v) is 9.47. The van der Waals surface area contributed by atoms with Gasteiger partial charge >= 0.3 is 5.97 Å². The molecule has 0 aromatic rings. The number of rotatable bonds is 8. The second kappa shape index (κ2) is 8.47. The number of carboxylic acids is 1. The Labute approximate surface area is 132 Å². The highest BCUT2D eigenvalue weighted by atomic mass is 32.2. The minimum Gasteiger partial charge on any atom is -0.480 e. The molecule has 128 valence electrons. The van der Waals surface area contributed by atoms with E-state index in [9.17, 15) is 18.0 Å². The van der Waals surface area contributed by atoms with Crippen molar-refractivity contribution in [2.24, 2.45) is 0 Å². The Hall–Kier alpha value is -1.15. The number of piperidine rings is 1. The Balaban J connectivity index is 2.85. The van der Waals surface area contributed by atoms with E-state index in [1.807, 2.05) is 6.92 Å². The molecule has 22 heavy (non-hydrogen) atoms. The summed E-state index contributed by atoms with van der Waals surface area (Å²) in [5.41, 5.74) is 0. The van der Waals surface area contributed by atoms with Crippen LogP contribution in [0.25, 0.3) is 0 Å². The average molecular weight is 334 g/mol. The molecule has 7 nitrogen and oxygen atoms in total. The fraction of sp³-hybridized carbons (Fsp3) is 0.857. The Morgan fingerprint density at radius 3 is 2.50 bits per heavy atom. The van der Waals surface area contributed by atoms with Crippen LogP contribution in [0.15, 0.2) is 0 Å². The molecule has 1 heterocycles. The summed E-state index contributed by atoms with van der Waals surface area (Å²) in [4.78, 5) is 23.5. The van der Waals surface area contributed by atoms with Gasteiger partial charge in [-0.05, 0) is 25.7 Å². The van der Waals surface area contributed by atoms with Crippen LogP contribution >= 0.6 is 0 Å². The van der Waals surface area contributed by atoms with E-state index in [0.29, 0.717) is 32.2 Å². The van der Waals surface area contributed by atoms with E-state index < -0.39 is 34.0 Å². The number of amides is 1. The van der Waals surface area contributed by atoms with Crippen molar-refractivity contribution in [1.29, 1.82) is 0 Å². The van der Waals surface area contributed by atoms with Crippen LogP contribution in [0.3, 0.4) is 0 Å². The summed E-state index contributed by atoms with van der Waals surface area (Å²) in [6, 6.07) is -1.75. The van der Waals surface area contributed by atoms with Crippen LogP contribution in [0.2, 0.25) is 0 Å². The lowest BCUT2D eigenvalue weighted by Crippen LogP contribution is -2.55. The zero-order valence-electron chi connectivity index (χ0n) is 13.2. The number of aliphatic carboxylic acids is 1. The molecule has 0 saturated carbocycles. The van der Waals surface area contributed by atoms with Gasteiger partial charge in [-0.2, -0.15) is 4.31 Å². The molecule has 1 fully saturated rings. The van der Waals surface area contributed by atoms with Crippen LogP contribution in [0, 0.1) is 0 Å². The third-order valence-corrected chi connectivity index (χ3v) is 5.84. The molecular formula is C14H26N2O5S. The van der Waals surface area contributed by atoms with Crippen LogP contribution in [-0.4, -0.2) is 54.1 Å². The Morgan fingerprint density at radius 2 is 1.95 bits per heavy atom. The molecule has 2 atom stereocenters. The summed E-state index contributed by atoms with van der Waals surface area (Å²) in [6.45, 7) is 3.94.